The molecule has 0 aliphatic rings. The van der Waals surface area contributed by atoms with Gasteiger partial charge >= 0.3 is 6.03 Å². The molecule has 6 heteroatoms. The number of urea groups is 1. The van der Waals surface area contributed by atoms with Gasteiger partial charge in [-0.2, -0.15) is 0 Å². The van der Waals surface area contributed by atoms with Crippen molar-refractivity contribution in [2.45, 2.75) is 6.92 Å². The number of hydrogen-bond acceptors (Lipinski definition) is 3. The van der Waals surface area contributed by atoms with Gasteiger partial charge in [-0.3, -0.25) is 5.32 Å². The summed E-state index contributed by atoms with van der Waals surface area (Å²) in [5.41, 5.74) is 2.37. The zero-order valence-electron chi connectivity index (χ0n) is 11.2. The third-order valence-corrected chi connectivity index (χ3v) is 3.78. The third-order valence-electron chi connectivity index (χ3n) is 2.85. The fraction of sp³-hybridized carbons (Fsp3) is 0.0667. The van der Waals surface area contributed by atoms with E-state index in [0.717, 1.165) is 15.8 Å². The van der Waals surface area contributed by atoms with E-state index in [4.69, 9.17) is 0 Å². The Morgan fingerprint density at radius 2 is 2.05 bits per heavy atom. The largest absolute Gasteiger partial charge is 0.325 e. The Balaban J connectivity index is 1.74. The molecule has 0 spiro atoms. The molecule has 0 radical (unpaired) electrons. The van der Waals surface area contributed by atoms with E-state index in [2.05, 4.69) is 15.6 Å². The molecule has 0 fully saturated rings. The van der Waals surface area contributed by atoms with Crippen molar-refractivity contribution in [1.82, 2.24) is 4.98 Å². The number of rotatable bonds is 2. The molecule has 1 aromatic heterocycles. The van der Waals surface area contributed by atoms with Crippen LogP contribution in [0.3, 0.4) is 0 Å². The number of aromatic nitrogens is 1. The quantitative estimate of drug-likeness (QED) is 0.737. The van der Waals surface area contributed by atoms with E-state index in [1.54, 1.807) is 6.07 Å². The molecule has 0 saturated carbocycles. The summed E-state index contributed by atoms with van der Waals surface area (Å²) in [6.45, 7) is 2.00. The van der Waals surface area contributed by atoms with Crippen molar-refractivity contribution in [3.8, 4) is 0 Å². The SMILES string of the molecule is Cc1ccc2nc(NC(=O)Nc3cccc(F)c3)sc2c1. The van der Waals surface area contributed by atoms with Gasteiger partial charge < -0.3 is 5.32 Å². The standard InChI is InChI=1S/C15H12FN3OS/c1-9-5-6-12-13(7-9)21-15(18-12)19-14(20)17-11-4-2-3-10(16)8-11/h2-8H,1H3,(H2,17,18,19,20). The number of nitrogens with zero attached hydrogens (tertiary/aromatic N) is 1. The lowest BCUT2D eigenvalue weighted by molar-refractivity contribution is 0.262. The van der Waals surface area contributed by atoms with Crippen molar-refractivity contribution in [1.29, 1.82) is 0 Å². The maximum Gasteiger partial charge on any atom is 0.325 e. The number of halogens is 1. The Morgan fingerprint density at radius 1 is 1.19 bits per heavy atom. The van der Waals surface area contributed by atoms with Crippen LogP contribution in [-0.2, 0) is 0 Å². The number of nitrogens with one attached hydrogen (secondary N) is 2. The van der Waals surface area contributed by atoms with Crippen LogP contribution in [0.25, 0.3) is 10.2 Å². The predicted molar refractivity (Wildman–Crippen MR) is 83.4 cm³/mol. The molecule has 0 saturated heterocycles. The van der Waals surface area contributed by atoms with Gasteiger partial charge in [0.15, 0.2) is 5.13 Å². The van der Waals surface area contributed by atoms with Crippen molar-refractivity contribution in [3.05, 3.63) is 53.8 Å². The highest BCUT2D eigenvalue weighted by Gasteiger charge is 2.08. The molecule has 0 aliphatic carbocycles. The van der Waals surface area contributed by atoms with Gasteiger partial charge in [-0.05, 0) is 42.8 Å². The molecule has 106 valence electrons. The number of benzene rings is 2. The fourth-order valence-electron chi connectivity index (χ4n) is 1.91. The summed E-state index contributed by atoms with van der Waals surface area (Å²) >= 11 is 1.40. The number of aryl methyl sites for hydroxylation is 1. The van der Waals surface area contributed by atoms with Crippen LogP contribution in [-0.4, -0.2) is 11.0 Å². The molecule has 2 amide bonds. The van der Waals surface area contributed by atoms with Crippen LogP contribution in [0.1, 0.15) is 5.56 Å². The highest BCUT2D eigenvalue weighted by Crippen LogP contribution is 2.26. The fourth-order valence-corrected chi connectivity index (χ4v) is 2.87. The number of amides is 2. The van der Waals surface area contributed by atoms with Crippen molar-refractivity contribution in [3.63, 3.8) is 0 Å². The lowest BCUT2D eigenvalue weighted by atomic mass is 10.2. The summed E-state index contributed by atoms with van der Waals surface area (Å²) in [7, 11) is 0. The third kappa shape index (κ3) is 3.17. The topological polar surface area (TPSA) is 54.0 Å². The lowest BCUT2D eigenvalue weighted by Crippen LogP contribution is -2.19. The number of fused-ring (bicyclic) bond motifs is 1. The second kappa shape index (κ2) is 5.49. The molecule has 0 atom stereocenters. The van der Waals surface area contributed by atoms with Crippen molar-refractivity contribution < 1.29 is 9.18 Å². The molecule has 1 heterocycles. The molecule has 0 bridgehead atoms. The van der Waals surface area contributed by atoms with Gasteiger partial charge in [-0.15, -0.1) is 0 Å². The maximum absolute atomic E-state index is 13.0. The minimum atomic E-state index is -0.448. The lowest BCUT2D eigenvalue weighted by Gasteiger charge is -2.04. The molecule has 2 N–H and O–H groups in total. The average molecular weight is 301 g/mol. The van der Waals surface area contributed by atoms with Crippen LogP contribution in [0.5, 0.6) is 0 Å². The molecular formula is C15H12FN3OS. The van der Waals surface area contributed by atoms with Crippen molar-refractivity contribution >= 4 is 38.4 Å². The zero-order chi connectivity index (χ0) is 14.8. The molecule has 0 unspecified atom stereocenters. The van der Waals surface area contributed by atoms with Crippen LogP contribution in [0.2, 0.25) is 0 Å². The summed E-state index contributed by atoms with van der Waals surface area (Å²) in [4.78, 5) is 16.2. The summed E-state index contributed by atoms with van der Waals surface area (Å²) in [6, 6.07) is 11.2. The highest BCUT2D eigenvalue weighted by molar-refractivity contribution is 7.22. The first-order valence-electron chi connectivity index (χ1n) is 6.31. The summed E-state index contributed by atoms with van der Waals surface area (Å²) in [6.07, 6.45) is 0. The second-order valence-electron chi connectivity index (χ2n) is 4.58. The van der Waals surface area contributed by atoms with Gasteiger partial charge in [-0.1, -0.05) is 23.5 Å². The minimum Gasteiger partial charge on any atom is -0.308 e. The van der Waals surface area contributed by atoms with Crippen LogP contribution in [0.15, 0.2) is 42.5 Å². The Labute approximate surface area is 124 Å². The van der Waals surface area contributed by atoms with E-state index in [1.807, 2.05) is 25.1 Å². The predicted octanol–water partition coefficient (Wildman–Crippen LogP) is 4.39. The van der Waals surface area contributed by atoms with Gasteiger partial charge in [0.25, 0.3) is 0 Å². The Kier molecular flexibility index (Phi) is 3.53. The number of carbonyl (C=O) groups is 1. The molecule has 21 heavy (non-hydrogen) atoms. The number of anilines is 2. The highest BCUT2D eigenvalue weighted by atomic mass is 32.1. The Bertz CT molecular complexity index is 816. The minimum absolute atomic E-state index is 0.393. The van der Waals surface area contributed by atoms with Crippen LogP contribution in [0.4, 0.5) is 20.0 Å². The van der Waals surface area contributed by atoms with Crippen LogP contribution < -0.4 is 10.6 Å². The number of hydrogen-bond donors (Lipinski definition) is 2. The zero-order valence-corrected chi connectivity index (χ0v) is 12.0. The van der Waals surface area contributed by atoms with Gasteiger partial charge in [-0.25, -0.2) is 14.2 Å². The van der Waals surface area contributed by atoms with E-state index in [1.165, 1.54) is 29.5 Å². The van der Waals surface area contributed by atoms with Gasteiger partial charge in [0, 0.05) is 5.69 Å². The maximum atomic E-state index is 13.0. The smallest absolute Gasteiger partial charge is 0.308 e. The van der Waals surface area contributed by atoms with E-state index >= 15 is 0 Å². The second-order valence-corrected chi connectivity index (χ2v) is 5.61. The first-order valence-corrected chi connectivity index (χ1v) is 7.12. The van der Waals surface area contributed by atoms with Crippen LogP contribution in [0, 0.1) is 12.7 Å². The molecule has 4 nitrogen and oxygen atoms in total. The van der Waals surface area contributed by atoms with E-state index < -0.39 is 11.8 Å². The van der Waals surface area contributed by atoms with Gasteiger partial charge in [0.1, 0.15) is 5.82 Å². The van der Waals surface area contributed by atoms with E-state index in [9.17, 15) is 9.18 Å². The monoisotopic (exact) mass is 301 g/mol. The Hall–Kier alpha value is -2.47. The molecule has 3 aromatic rings. The average Bonchev–Trinajstić information content (AvgIpc) is 2.79. The Morgan fingerprint density at radius 3 is 2.86 bits per heavy atom. The van der Waals surface area contributed by atoms with E-state index in [0.29, 0.717) is 10.8 Å². The normalized spacial score (nSPS) is 10.6. The van der Waals surface area contributed by atoms with Crippen molar-refractivity contribution in [2.24, 2.45) is 0 Å². The number of thiazole rings is 1. The summed E-state index contributed by atoms with van der Waals surface area (Å²) in [5, 5.41) is 5.72. The van der Waals surface area contributed by atoms with Crippen molar-refractivity contribution in [2.75, 3.05) is 10.6 Å². The van der Waals surface area contributed by atoms with Gasteiger partial charge in [0.05, 0.1) is 10.2 Å². The molecular weight excluding hydrogens is 289 g/mol. The molecule has 2 aromatic carbocycles. The van der Waals surface area contributed by atoms with E-state index in [-0.39, 0.29) is 0 Å². The molecule has 0 aliphatic heterocycles. The number of carbonyl (C=O) groups excluding carboxylic acids is 1. The van der Waals surface area contributed by atoms with Gasteiger partial charge in [0.2, 0.25) is 0 Å². The summed E-state index contributed by atoms with van der Waals surface area (Å²) in [5.74, 6) is -0.400. The first-order chi connectivity index (χ1) is 10.1. The first kappa shape index (κ1) is 13.5. The van der Waals surface area contributed by atoms with Crippen LogP contribution >= 0.6 is 11.3 Å². The molecule has 3 rings (SSSR count). The summed E-state index contributed by atoms with van der Waals surface area (Å²) < 4.78 is 14.1.